The minimum absolute atomic E-state index is 0.158. The molecular weight excluding hydrogens is 240 g/mol. The molecular formula is C15H28N2O2. The third kappa shape index (κ3) is 3.93. The molecule has 1 atom stereocenters. The summed E-state index contributed by atoms with van der Waals surface area (Å²) in [6.45, 7) is 1.97. The molecule has 3 N–H and O–H groups in total. The first-order chi connectivity index (χ1) is 9.27. The van der Waals surface area contributed by atoms with Crippen molar-refractivity contribution >= 4 is 5.91 Å². The monoisotopic (exact) mass is 268 g/mol. The molecule has 2 rings (SSSR count). The Morgan fingerprint density at radius 2 is 1.89 bits per heavy atom. The molecule has 1 amide bonds. The molecule has 2 aliphatic rings. The van der Waals surface area contributed by atoms with E-state index in [1.807, 2.05) is 0 Å². The van der Waals surface area contributed by atoms with E-state index in [4.69, 9.17) is 10.5 Å². The van der Waals surface area contributed by atoms with Gasteiger partial charge in [0.1, 0.15) is 0 Å². The number of nitrogens with one attached hydrogen (secondary N) is 1. The van der Waals surface area contributed by atoms with Crippen molar-refractivity contribution in [3.05, 3.63) is 0 Å². The van der Waals surface area contributed by atoms with Gasteiger partial charge in [0, 0.05) is 19.7 Å². The molecule has 1 aliphatic carbocycles. The fourth-order valence-corrected chi connectivity index (χ4v) is 3.29. The van der Waals surface area contributed by atoms with Gasteiger partial charge in [0.2, 0.25) is 5.91 Å². The maximum absolute atomic E-state index is 12.5. The smallest absolute Gasteiger partial charge is 0.227 e. The van der Waals surface area contributed by atoms with E-state index in [1.165, 1.54) is 19.3 Å². The lowest BCUT2D eigenvalue weighted by molar-refractivity contribution is -0.132. The minimum Gasteiger partial charge on any atom is -0.376 e. The van der Waals surface area contributed by atoms with Crippen molar-refractivity contribution in [3.8, 4) is 0 Å². The van der Waals surface area contributed by atoms with Crippen LogP contribution in [0.3, 0.4) is 0 Å². The first-order valence-electron chi connectivity index (χ1n) is 7.87. The van der Waals surface area contributed by atoms with Gasteiger partial charge in [0.25, 0.3) is 0 Å². The zero-order valence-corrected chi connectivity index (χ0v) is 12.0. The summed E-state index contributed by atoms with van der Waals surface area (Å²) in [5.41, 5.74) is 5.61. The fraction of sp³-hybridized carbons (Fsp3) is 0.933. The zero-order chi connectivity index (χ0) is 13.6. The Morgan fingerprint density at radius 3 is 2.47 bits per heavy atom. The van der Waals surface area contributed by atoms with E-state index in [1.54, 1.807) is 0 Å². The Labute approximate surface area is 116 Å². The molecule has 1 unspecified atom stereocenters. The molecule has 1 aliphatic heterocycles. The molecule has 0 spiro atoms. The van der Waals surface area contributed by atoms with Gasteiger partial charge in [-0.3, -0.25) is 4.79 Å². The van der Waals surface area contributed by atoms with E-state index in [0.29, 0.717) is 13.1 Å². The van der Waals surface area contributed by atoms with Crippen molar-refractivity contribution in [3.63, 3.8) is 0 Å². The van der Waals surface area contributed by atoms with Crippen LogP contribution < -0.4 is 11.1 Å². The molecule has 0 aromatic heterocycles. The molecule has 0 radical (unpaired) electrons. The van der Waals surface area contributed by atoms with Gasteiger partial charge < -0.3 is 15.8 Å². The molecule has 1 heterocycles. The predicted molar refractivity (Wildman–Crippen MR) is 75.8 cm³/mol. The second-order valence-electron chi connectivity index (χ2n) is 6.10. The summed E-state index contributed by atoms with van der Waals surface area (Å²) in [5.74, 6) is 0.158. The zero-order valence-electron chi connectivity index (χ0n) is 12.0. The summed E-state index contributed by atoms with van der Waals surface area (Å²) in [6.07, 6.45) is 10.3. The van der Waals surface area contributed by atoms with Crippen molar-refractivity contribution in [2.75, 3.05) is 19.7 Å². The Hall–Kier alpha value is -0.610. The summed E-state index contributed by atoms with van der Waals surface area (Å²) in [7, 11) is 0. The second kappa shape index (κ2) is 7.25. The van der Waals surface area contributed by atoms with Crippen LogP contribution in [-0.2, 0) is 9.53 Å². The Balaban J connectivity index is 1.84. The Kier molecular flexibility index (Phi) is 5.64. The second-order valence-corrected chi connectivity index (χ2v) is 6.10. The van der Waals surface area contributed by atoms with Crippen molar-refractivity contribution in [1.29, 1.82) is 0 Å². The van der Waals surface area contributed by atoms with Gasteiger partial charge in [-0.05, 0) is 32.1 Å². The van der Waals surface area contributed by atoms with Gasteiger partial charge in [-0.1, -0.05) is 25.7 Å². The predicted octanol–water partition coefficient (Wildman–Crippen LogP) is 1.97. The normalized spacial score (nSPS) is 27.5. The summed E-state index contributed by atoms with van der Waals surface area (Å²) >= 11 is 0. The van der Waals surface area contributed by atoms with Crippen molar-refractivity contribution in [1.82, 2.24) is 5.32 Å². The summed E-state index contributed by atoms with van der Waals surface area (Å²) in [4.78, 5) is 12.5. The SMILES string of the molecule is NCC1(C(=O)NCC2CCCCO2)CCCCCC1. The van der Waals surface area contributed by atoms with Crippen LogP contribution in [0.5, 0.6) is 0 Å². The number of rotatable bonds is 4. The van der Waals surface area contributed by atoms with Gasteiger partial charge in [0.15, 0.2) is 0 Å². The van der Waals surface area contributed by atoms with Crippen LogP contribution in [-0.4, -0.2) is 31.7 Å². The molecule has 1 saturated heterocycles. The van der Waals surface area contributed by atoms with Gasteiger partial charge in [-0.2, -0.15) is 0 Å². The molecule has 0 aromatic carbocycles. The van der Waals surface area contributed by atoms with E-state index >= 15 is 0 Å². The van der Waals surface area contributed by atoms with Crippen LogP contribution in [0.2, 0.25) is 0 Å². The van der Waals surface area contributed by atoms with E-state index in [0.717, 1.165) is 45.1 Å². The average Bonchev–Trinajstić information content (AvgIpc) is 2.72. The maximum Gasteiger partial charge on any atom is 0.227 e. The highest BCUT2D eigenvalue weighted by molar-refractivity contribution is 5.82. The number of carbonyl (C=O) groups is 1. The van der Waals surface area contributed by atoms with Crippen molar-refractivity contribution in [2.45, 2.75) is 63.9 Å². The quantitative estimate of drug-likeness (QED) is 0.766. The highest BCUT2D eigenvalue weighted by atomic mass is 16.5. The maximum atomic E-state index is 12.5. The van der Waals surface area contributed by atoms with Gasteiger partial charge in [-0.15, -0.1) is 0 Å². The molecule has 2 fully saturated rings. The van der Waals surface area contributed by atoms with Gasteiger partial charge >= 0.3 is 0 Å². The van der Waals surface area contributed by atoms with Crippen LogP contribution in [0.1, 0.15) is 57.8 Å². The molecule has 0 bridgehead atoms. The van der Waals surface area contributed by atoms with Crippen LogP contribution in [0, 0.1) is 5.41 Å². The molecule has 19 heavy (non-hydrogen) atoms. The first-order valence-corrected chi connectivity index (χ1v) is 7.87. The lowest BCUT2D eigenvalue weighted by Gasteiger charge is -2.31. The Bertz CT molecular complexity index is 280. The average molecular weight is 268 g/mol. The van der Waals surface area contributed by atoms with E-state index in [9.17, 15) is 4.79 Å². The number of carbonyl (C=O) groups excluding carboxylic acids is 1. The molecule has 0 aromatic rings. The van der Waals surface area contributed by atoms with Gasteiger partial charge in [-0.25, -0.2) is 0 Å². The summed E-state index contributed by atoms with van der Waals surface area (Å²) in [5, 5.41) is 3.10. The lowest BCUT2D eigenvalue weighted by Crippen LogP contribution is -2.48. The standard InChI is InChI=1S/C15H28N2O2/c16-12-15(8-4-1-2-5-9-15)14(18)17-11-13-7-3-6-10-19-13/h13H,1-12,16H2,(H,17,18). The van der Waals surface area contributed by atoms with E-state index < -0.39 is 0 Å². The molecule has 110 valence electrons. The number of ether oxygens (including phenoxy) is 1. The topological polar surface area (TPSA) is 64.4 Å². The van der Waals surface area contributed by atoms with Gasteiger partial charge in [0.05, 0.1) is 11.5 Å². The summed E-state index contributed by atoms with van der Waals surface area (Å²) < 4.78 is 5.66. The van der Waals surface area contributed by atoms with Crippen LogP contribution in [0.15, 0.2) is 0 Å². The van der Waals surface area contributed by atoms with Crippen LogP contribution in [0.4, 0.5) is 0 Å². The largest absolute Gasteiger partial charge is 0.376 e. The van der Waals surface area contributed by atoms with Crippen LogP contribution in [0.25, 0.3) is 0 Å². The Morgan fingerprint density at radius 1 is 1.16 bits per heavy atom. The number of nitrogens with two attached hydrogens (primary N) is 1. The van der Waals surface area contributed by atoms with Crippen molar-refractivity contribution < 1.29 is 9.53 Å². The summed E-state index contributed by atoms with van der Waals surface area (Å²) in [6, 6.07) is 0. The highest BCUT2D eigenvalue weighted by Gasteiger charge is 2.37. The number of amides is 1. The van der Waals surface area contributed by atoms with Crippen LogP contribution >= 0.6 is 0 Å². The fourth-order valence-electron chi connectivity index (χ4n) is 3.29. The first kappa shape index (κ1) is 14.8. The lowest BCUT2D eigenvalue weighted by atomic mass is 9.79. The molecule has 4 heteroatoms. The molecule has 1 saturated carbocycles. The minimum atomic E-state index is -0.314. The number of hydrogen-bond acceptors (Lipinski definition) is 3. The van der Waals surface area contributed by atoms with E-state index in [2.05, 4.69) is 5.32 Å². The number of hydrogen-bond donors (Lipinski definition) is 2. The highest BCUT2D eigenvalue weighted by Crippen LogP contribution is 2.34. The third-order valence-corrected chi connectivity index (χ3v) is 4.70. The molecule has 4 nitrogen and oxygen atoms in total. The van der Waals surface area contributed by atoms with E-state index in [-0.39, 0.29) is 17.4 Å². The third-order valence-electron chi connectivity index (χ3n) is 4.70. The van der Waals surface area contributed by atoms with Crippen molar-refractivity contribution in [2.24, 2.45) is 11.1 Å².